The van der Waals surface area contributed by atoms with Gasteiger partial charge in [-0.3, -0.25) is 0 Å². The molecule has 2 heterocycles. The molecule has 1 aromatic carbocycles. The summed E-state index contributed by atoms with van der Waals surface area (Å²) in [7, 11) is -1.29. The molecule has 0 aliphatic heterocycles. The molecule has 0 aliphatic rings. The summed E-state index contributed by atoms with van der Waals surface area (Å²) in [6, 6.07) is 8.07. The van der Waals surface area contributed by atoms with Crippen LogP contribution in [0.3, 0.4) is 0 Å². The van der Waals surface area contributed by atoms with E-state index in [4.69, 9.17) is 0 Å². The molecule has 0 bridgehead atoms. The van der Waals surface area contributed by atoms with Crippen LogP contribution in [-0.2, 0) is 6.54 Å². The van der Waals surface area contributed by atoms with Crippen LogP contribution in [0.2, 0.25) is 6.32 Å². The van der Waals surface area contributed by atoms with Gasteiger partial charge in [0, 0.05) is 17.8 Å². The molecule has 1 unspecified atom stereocenters. The largest absolute Gasteiger partial charge is 0.452 e. The molecule has 114 valence electrons. The van der Waals surface area contributed by atoms with E-state index >= 15 is 0 Å². The van der Waals surface area contributed by atoms with Crippen LogP contribution in [0.4, 0.5) is 0 Å². The zero-order valence-electron chi connectivity index (χ0n) is 12.2. The Hall–Kier alpha value is -1.70. The second kappa shape index (κ2) is 7.04. The summed E-state index contributed by atoms with van der Waals surface area (Å²) in [5.74, 6) is 0.0843. The second-order valence-electron chi connectivity index (χ2n) is 5.40. The Morgan fingerprint density at radius 1 is 1.23 bits per heavy atom. The van der Waals surface area contributed by atoms with E-state index in [2.05, 4.69) is 20.6 Å². The minimum Gasteiger partial charge on any atom is -0.427 e. The van der Waals surface area contributed by atoms with Gasteiger partial charge in [0.15, 0.2) is 0 Å². The first-order valence-electron chi connectivity index (χ1n) is 7.38. The summed E-state index contributed by atoms with van der Waals surface area (Å²) in [5.41, 5.74) is 4.88. The Morgan fingerprint density at radius 2 is 2.09 bits per heavy atom. The summed E-state index contributed by atoms with van der Waals surface area (Å²) in [6.45, 7) is 0.864. The lowest BCUT2D eigenvalue weighted by Crippen LogP contribution is -2.16. The SMILES string of the molecule is OB(O)CC(CCCn1cnc2ccccc21)c1cscn1. The van der Waals surface area contributed by atoms with Crippen molar-refractivity contribution in [2.75, 3.05) is 0 Å². The average molecular weight is 315 g/mol. The maximum Gasteiger partial charge on any atom is 0.452 e. The maximum atomic E-state index is 9.26. The van der Waals surface area contributed by atoms with Crippen LogP contribution in [0.15, 0.2) is 41.5 Å². The Morgan fingerprint density at radius 3 is 2.86 bits per heavy atom. The molecule has 0 aliphatic carbocycles. The van der Waals surface area contributed by atoms with Crippen LogP contribution in [0, 0.1) is 0 Å². The molecule has 2 aromatic heterocycles. The number of fused-ring (bicyclic) bond motifs is 1. The van der Waals surface area contributed by atoms with Gasteiger partial charge in [-0.25, -0.2) is 9.97 Å². The van der Waals surface area contributed by atoms with E-state index in [9.17, 15) is 10.0 Å². The molecular formula is C15H18BN3O2S. The van der Waals surface area contributed by atoms with E-state index in [0.717, 1.165) is 36.1 Å². The second-order valence-corrected chi connectivity index (χ2v) is 6.11. The molecule has 0 saturated carbocycles. The first-order valence-corrected chi connectivity index (χ1v) is 8.32. The molecule has 0 saturated heterocycles. The predicted molar refractivity (Wildman–Crippen MR) is 88.8 cm³/mol. The van der Waals surface area contributed by atoms with Gasteiger partial charge in [-0.2, -0.15) is 0 Å². The van der Waals surface area contributed by atoms with E-state index in [1.807, 2.05) is 29.9 Å². The molecule has 0 radical (unpaired) electrons. The van der Waals surface area contributed by atoms with E-state index in [1.54, 1.807) is 5.51 Å². The van der Waals surface area contributed by atoms with Gasteiger partial charge in [-0.1, -0.05) is 12.1 Å². The molecule has 22 heavy (non-hydrogen) atoms. The fraction of sp³-hybridized carbons (Fsp3) is 0.333. The molecule has 1 atom stereocenters. The number of hydrogen-bond acceptors (Lipinski definition) is 5. The molecule has 3 aromatic rings. The summed E-state index contributed by atoms with van der Waals surface area (Å²) < 4.78 is 2.14. The fourth-order valence-electron chi connectivity index (χ4n) is 2.76. The van der Waals surface area contributed by atoms with Crippen molar-refractivity contribution in [3.05, 3.63) is 47.2 Å². The third kappa shape index (κ3) is 3.55. The lowest BCUT2D eigenvalue weighted by Gasteiger charge is -2.14. The molecule has 7 heteroatoms. The highest BCUT2D eigenvalue weighted by Crippen LogP contribution is 2.26. The number of hydrogen-bond donors (Lipinski definition) is 2. The van der Waals surface area contributed by atoms with E-state index in [-0.39, 0.29) is 5.92 Å². The fourth-order valence-corrected chi connectivity index (χ4v) is 3.40. The Labute approximate surface area is 133 Å². The molecule has 0 fully saturated rings. The Kier molecular flexibility index (Phi) is 4.87. The quantitative estimate of drug-likeness (QED) is 0.657. The van der Waals surface area contributed by atoms with E-state index < -0.39 is 7.12 Å². The summed E-state index contributed by atoms with van der Waals surface area (Å²) in [6.07, 6.45) is 4.00. The van der Waals surface area contributed by atoms with Crippen LogP contribution in [0.5, 0.6) is 0 Å². The smallest absolute Gasteiger partial charge is 0.427 e. The molecule has 0 amide bonds. The number of para-hydroxylation sites is 2. The standard InChI is InChI=1S/C15H18BN3O2S/c20-16(21)8-12(14-9-22-11-18-14)4-3-7-19-10-17-13-5-1-2-6-15(13)19/h1-2,5-6,9-12,20-21H,3-4,7-8H2. The number of aryl methyl sites for hydroxylation is 1. The van der Waals surface area contributed by atoms with Gasteiger partial charge in [-0.05, 0) is 31.3 Å². The number of aromatic nitrogens is 3. The molecular weight excluding hydrogens is 297 g/mol. The maximum absolute atomic E-state index is 9.26. The number of nitrogens with zero attached hydrogens (tertiary/aromatic N) is 3. The Balaban J connectivity index is 1.63. The topological polar surface area (TPSA) is 71.2 Å². The van der Waals surface area contributed by atoms with Crippen molar-refractivity contribution in [2.45, 2.75) is 31.6 Å². The molecule has 5 nitrogen and oxygen atoms in total. The van der Waals surface area contributed by atoms with Crippen molar-refractivity contribution < 1.29 is 10.0 Å². The third-order valence-electron chi connectivity index (χ3n) is 3.84. The van der Waals surface area contributed by atoms with Gasteiger partial charge >= 0.3 is 7.12 Å². The van der Waals surface area contributed by atoms with Crippen LogP contribution in [-0.4, -0.2) is 31.7 Å². The molecule has 2 N–H and O–H groups in total. The first-order chi connectivity index (χ1) is 10.7. The average Bonchev–Trinajstić information content (AvgIpc) is 3.15. The van der Waals surface area contributed by atoms with Crippen LogP contribution in [0.25, 0.3) is 11.0 Å². The molecule has 0 spiro atoms. The van der Waals surface area contributed by atoms with Crippen molar-refractivity contribution in [1.82, 2.24) is 14.5 Å². The zero-order valence-corrected chi connectivity index (χ0v) is 13.0. The van der Waals surface area contributed by atoms with Gasteiger partial charge in [-0.15, -0.1) is 11.3 Å². The van der Waals surface area contributed by atoms with Gasteiger partial charge in [0.1, 0.15) is 0 Å². The minimum absolute atomic E-state index is 0.0843. The van der Waals surface area contributed by atoms with Crippen LogP contribution in [0.1, 0.15) is 24.5 Å². The van der Waals surface area contributed by atoms with Gasteiger partial charge in [0.2, 0.25) is 0 Å². The van der Waals surface area contributed by atoms with Crippen LogP contribution < -0.4 is 0 Å². The first kappa shape index (κ1) is 15.2. The summed E-state index contributed by atoms with van der Waals surface area (Å²) in [4.78, 5) is 8.70. The number of benzene rings is 1. The monoisotopic (exact) mass is 315 g/mol. The van der Waals surface area contributed by atoms with Crippen molar-refractivity contribution in [3.8, 4) is 0 Å². The van der Waals surface area contributed by atoms with Crippen molar-refractivity contribution >= 4 is 29.5 Å². The lowest BCUT2D eigenvalue weighted by molar-refractivity contribution is 0.393. The van der Waals surface area contributed by atoms with E-state index in [1.165, 1.54) is 11.3 Å². The van der Waals surface area contributed by atoms with Gasteiger partial charge in [0.05, 0.1) is 28.6 Å². The number of imidazole rings is 1. The van der Waals surface area contributed by atoms with Gasteiger partial charge < -0.3 is 14.6 Å². The van der Waals surface area contributed by atoms with E-state index in [0.29, 0.717) is 6.32 Å². The summed E-state index contributed by atoms with van der Waals surface area (Å²) >= 11 is 1.54. The highest BCUT2D eigenvalue weighted by atomic mass is 32.1. The minimum atomic E-state index is -1.29. The van der Waals surface area contributed by atoms with Crippen LogP contribution >= 0.6 is 11.3 Å². The zero-order chi connectivity index (χ0) is 15.4. The highest BCUT2D eigenvalue weighted by molar-refractivity contribution is 7.07. The Bertz CT molecular complexity index is 714. The summed E-state index contributed by atoms with van der Waals surface area (Å²) in [5, 5.41) is 20.5. The number of thiazole rings is 1. The number of rotatable bonds is 7. The lowest BCUT2D eigenvalue weighted by atomic mass is 9.75. The van der Waals surface area contributed by atoms with Crippen molar-refractivity contribution in [1.29, 1.82) is 0 Å². The normalized spacial score (nSPS) is 12.6. The van der Waals surface area contributed by atoms with Crippen molar-refractivity contribution in [2.24, 2.45) is 0 Å². The van der Waals surface area contributed by atoms with Gasteiger partial charge in [0.25, 0.3) is 0 Å². The van der Waals surface area contributed by atoms with Crippen molar-refractivity contribution in [3.63, 3.8) is 0 Å². The highest BCUT2D eigenvalue weighted by Gasteiger charge is 2.20. The molecule has 3 rings (SSSR count). The third-order valence-corrected chi connectivity index (χ3v) is 4.45. The predicted octanol–water partition coefficient (Wildman–Crippen LogP) is 2.53.